The van der Waals surface area contributed by atoms with Gasteiger partial charge >= 0.3 is 0 Å². The Morgan fingerprint density at radius 2 is 1.95 bits per heavy atom. The summed E-state index contributed by atoms with van der Waals surface area (Å²) < 4.78 is 2.34. The van der Waals surface area contributed by atoms with E-state index in [1.165, 1.54) is 27.9 Å². The molecule has 19 heavy (non-hydrogen) atoms. The Kier molecular flexibility index (Phi) is 2.61. The summed E-state index contributed by atoms with van der Waals surface area (Å²) >= 11 is 0. The smallest absolute Gasteiger partial charge is 0.0527 e. The molecule has 2 N–H and O–H groups in total. The van der Waals surface area contributed by atoms with Crippen LogP contribution in [0.5, 0.6) is 0 Å². The lowest BCUT2D eigenvalue weighted by atomic mass is 9.83. The van der Waals surface area contributed by atoms with E-state index in [4.69, 9.17) is 5.73 Å². The Morgan fingerprint density at radius 1 is 1.21 bits per heavy atom. The topological polar surface area (TPSA) is 30.9 Å². The summed E-state index contributed by atoms with van der Waals surface area (Å²) in [5.41, 5.74) is 12.9. The van der Waals surface area contributed by atoms with Gasteiger partial charge in [-0.25, -0.2) is 0 Å². The second-order valence-corrected chi connectivity index (χ2v) is 6.24. The lowest BCUT2D eigenvalue weighted by Gasteiger charge is -2.20. The molecule has 0 unspecified atom stereocenters. The van der Waals surface area contributed by atoms with Crippen molar-refractivity contribution in [2.24, 2.45) is 5.73 Å². The highest BCUT2D eigenvalue weighted by molar-refractivity contribution is 5.79. The van der Waals surface area contributed by atoms with Gasteiger partial charge in [0.25, 0.3) is 0 Å². The fraction of sp³-hybridized carbons (Fsp3) is 0.412. The average Bonchev–Trinajstić information content (AvgIpc) is 2.89. The molecule has 2 aromatic rings. The van der Waals surface area contributed by atoms with Crippen LogP contribution in [0, 0.1) is 6.92 Å². The van der Waals surface area contributed by atoms with Crippen molar-refractivity contribution in [2.45, 2.75) is 39.2 Å². The Labute approximate surface area is 115 Å². The summed E-state index contributed by atoms with van der Waals surface area (Å²) in [5.74, 6) is 0. The van der Waals surface area contributed by atoms with Crippen LogP contribution in [0.3, 0.4) is 0 Å². The van der Waals surface area contributed by atoms with Gasteiger partial charge in [0.05, 0.1) is 5.69 Å². The summed E-state index contributed by atoms with van der Waals surface area (Å²) in [4.78, 5) is 0. The highest BCUT2D eigenvalue weighted by Crippen LogP contribution is 2.49. The van der Waals surface area contributed by atoms with E-state index in [2.05, 4.69) is 62.7 Å². The fourth-order valence-corrected chi connectivity index (χ4v) is 3.26. The van der Waals surface area contributed by atoms with E-state index in [9.17, 15) is 0 Å². The van der Waals surface area contributed by atoms with Gasteiger partial charge in [-0.2, -0.15) is 0 Å². The Hall–Kier alpha value is -1.54. The van der Waals surface area contributed by atoms with Gasteiger partial charge in [-0.15, -0.1) is 0 Å². The van der Waals surface area contributed by atoms with Crippen LogP contribution in [0.15, 0.2) is 30.5 Å². The number of aromatic nitrogens is 1. The van der Waals surface area contributed by atoms with E-state index < -0.39 is 0 Å². The predicted molar refractivity (Wildman–Crippen MR) is 80.5 cm³/mol. The van der Waals surface area contributed by atoms with Crippen molar-refractivity contribution in [3.05, 3.63) is 47.2 Å². The van der Waals surface area contributed by atoms with Crippen molar-refractivity contribution in [2.75, 3.05) is 6.54 Å². The maximum Gasteiger partial charge on any atom is 0.0527 e. The molecule has 1 aromatic heterocycles. The average molecular weight is 254 g/mol. The third-order valence-electron chi connectivity index (χ3n) is 4.51. The number of nitrogens with two attached hydrogens (primary N) is 1. The monoisotopic (exact) mass is 254 g/mol. The van der Waals surface area contributed by atoms with Crippen LogP contribution >= 0.6 is 0 Å². The second kappa shape index (κ2) is 3.97. The zero-order valence-electron chi connectivity index (χ0n) is 12.2. The van der Waals surface area contributed by atoms with Crippen LogP contribution in [0.2, 0.25) is 0 Å². The fourth-order valence-electron chi connectivity index (χ4n) is 3.26. The molecule has 0 spiro atoms. The van der Waals surface area contributed by atoms with Gasteiger partial charge in [0.2, 0.25) is 0 Å². The minimum absolute atomic E-state index is 0.0952. The van der Waals surface area contributed by atoms with Gasteiger partial charge in [-0.05, 0) is 37.1 Å². The van der Waals surface area contributed by atoms with E-state index in [0.29, 0.717) is 12.6 Å². The number of fused-ring (bicyclic) bond motifs is 3. The first-order valence-electron chi connectivity index (χ1n) is 6.99. The van der Waals surface area contributed by atoms with Gasteiger partial charge in [-0.1, -0.05) is 31.5 Å². The van der Waals surface area contributed by atoms with Crippen molar-refractivity contribution < 1.29 is 0 Å². The lowest BCUT2D eigenvalue weighted by Crippen LogP contribution is -2.16. The van der Waals surface area contributed by atoms with Gasteiger partial charge in [0.15, 0.2) is 0 Å². The van der Waals surface area contributed by atoms with Crippen molar-refractivity contribution in [1.82, 2.24) is 4.57 Å². The minimum Gasteiger partial charge on any atom is -0.343 e. The molecule has 2 heteroatoms. The van der Waals surface area contributed by atoms with Crippen molar-refractivity contribution in [1.29, 1.82) is 0 Å². The highest BCUT2D eigenvalue weighted by atomic mass is 15.0. The first-order chi connectivity index (χ1) is 8.96. The molecule has 0 saturated heterocycles. The van der Waals surface area contributed by atoms with E-state index >= 15 is 0 Å². The van der Waals surface area contributed by atoms with Crippen LogP contribution in [-0.2, 0) is 5.41 Å². The summed E-state index contributed by atoms with van der Waals surface area (Å²) in [7, 11) is 0. The quantitative estimate of drug-likeness (QED) is 0.871. The van der Waals surface area contributed by atoms with Crippen LogP contribution in [-0.4, -0.2) is 11.1 Å². The van der Waals surface area contributed by atoms with E-state index in [1.54, 1.807) is 0 Å². The van der Waals surface area contributed by atoms with Gasteiger partial charge in [0, 0.05) is 29.8 Å². The summed E-state index contributed by atoms with van der Waals surface area (Å²) in [6.45, 7) is 9.63. The van der Waals surface area contributed by atoms with Crippen LogP contribution in [0.4, 0.5) is 0 Å². The minimum atomic E-state index is 0.0952. The molecule has 1 aliphatic carbocycles. The van der Waals surface area contributed by atoms with Crippen molar-refractivity contribution in [3.8, 4) is 11.3 Å². The Morgan fingerprint density at radius 3 is 2.63 bits per heavy atom. The molecular weight excluding hydrogens is 232 g/mol. The number of nitrogens with zero attached hydrogens (tertiary/aromatic N) is 1. The van der Waals surface area contributed by atoms with E-state index in [-0.39, 0.29) is 5.41 Å². The standard InChI is InChI=1S/C17H22N2/c1-11-5-6-14-13(9-11)16-15(17(14,3)4)7-8-19(16)12(2)10-18/h5-9,12H,10,18H2,1-4H3/t12-/m0/s1. The zero-order valence-corrected chi connectivity index (χ0v) is 12.2. The largest absolute Gasteiger partial charge is 0.343 e. The molecule has 0 bridgehead atoms. The first-order valence-corrected chi connectivity index (χ1v) is 6.99. The molecule has 1 atom stereocenters. The molecule has 2 nitrogen and oxygen atoms in total. The molecule has 3 rings (SSSR count). The SMILES string of the molecule is Cc1ccc2c(c1)-c1c(ccn1[C@@H](C)CN)C2(C)C. The van der Waals surface area contributed by atoms with Crippen molar-refractivity contribution >= 4 is 0 Å². The zero-order chi connectivity index (χ0) is 13.8. The molecule has 0 aliphatic heterocycles. The van der Waals surface area contributed by atoms with Gasteiger partial charge < -0.3 is 10.3 Å². The van der Waals surface area contributed by atoms with Crippen LogP contribution in [0.1, 0.15) is 43.5 Å². The van der Waals surface area contributed by atoms with Crippen molar-refractivity contribution in [3.63, 3.8) is 0 Å². The molecule has 0 fully saturated rings. The maximum atomic E-state index is 5.85. The number of benzene rings is 1. The van der Waals surface area contributed by atoms with E-state index in [1.807, 2.05) is 0 Å². The molecule has 1 aliphatic rings. The molecule has 0 radical (unpaired) electrons. The third-order valence-corrected chi connectivity index (χ3v) is 4.51. The number of rotatable bonds is 2. The highest BCUT2D eigenvalue weighted by Gasteiger charge is 2.37. The Bertz CT molecular complexity index is 635. The molecule has 100 valence electrons. The lowest BCUT2D eigenvalue weighted by molar-refractivity contribution is 0.565. The molecule has 1 aromatic carbocycles. The Balaban J connectivity index is 2.30. The van der Waals surface area contributed by atoms with Gasteiger partial charge in [-0.3, -0.25) is 0 Å². The molecule has 1 heterocycles. The van der Waals surface area contributed by atoms with Crippen LogP contribution < -0.4 is 5.73 Å². The van der Waals surface area contributed by atoms with E-state index in [0.717, 1.165) is 0 Å². The maximum absolute atomic E-state index is 5.85. The second-order valence-electron chi connectivity index (χ2n) is 6.24. The van der Waals surface area contributed by atoms with Crippen LogP contribution in [0.25, 0.3) is 11.3 Å². The number of hydrogen-bond donors (Lipinski definition) is 1. The molecule has 0 saturated carbocycles. The first kappa shape index (κ1) is 12.5. The summed E-state index contributed by atoms with van der Waals surface area (Å²) in [6.07, 6.45) is 2.19. The van der Waals surface area contributed by atoms with Gasteiger partial charge in [0.1, 0.15) is 0 Å². The third kappa shape index (κ3) is 1.59. The number of hydrogen-bond acceptors (Lipinski definition) is 1. The molecular formula is C17H22N2. The summed E-state index contributed by atoms with van der Waals surface area (Å²) in [5, 5.41) is 0. The molecule has 0 amide bonds. The predicted octanol–water partition coefficient (Wildman–Crippen LogP) is 3.62. The summed E-state index contributed by atoms with van der Waals surface area (Å²) in [6, 6.07) is 9.40. The normalized spacial score (nSPS) is 17.1. The number of aryl methyl sites for hydroxylation is 1.